The molecule has 0 bridgehead atoms. The summed E-state index contributed by atoms with van der Waals surface area (Å²) < 4.78 is 41.0. The van der Waals surface area contributed by atoms with Crippen LogP contribution in [0.2, 0.25) is 0 Å². The predicted octanol–water partition coefficient (Wildman–Crippen LogP) is 4.44. The summed E-state index contributed by atoms with van der Waals surface area (Å²) in [7, 11) is 0. The van der Waals surface area contributed by atoms with Gasteiger partial charge in [-0.1, -0.05) is 45.4 Å². The van der Waals surface area contributed by atoms with Crippen LogP contribution in [-0.2, 0) is 0 Å². The van der Waals surface area contributed by atoms with Gasteiger partial charge in [0, 0.05) is 0 Å². The molecule has 0 amide bonds. The molecule has 1 aromatic carbocycles. The minimum atomic E-state index is -1.55. The topological polar surface area (TPSA) is 80.0 Å². The van der Waals surface area contributed by atoms with Gasteiger partial charge in [-0.15, -0.1) is 12.4 Å². The lowest BCUT2D eigenvalue weighted by molar-refractivity contribution is 0.444. The highest BCUT2D eigenvalue weighted by Gasteiger charge is 2.29. The number of hydrogen-bond donors (Lipinski definition) is 2. The number of nitrogens with zero attached hydrogens (tertiary/aromatic N) is 3. The lowest BCUT2D eigenvalue weighted by Crippen LogP contribution is -2.49. The number of benzene rings is 1. The molecule has 0 aromatic heterocycles. The maximum absolute atomic E-state index is 14.2. The molecular formula is C18H27ClF3N5. The van der Waals surface area contributed by atoms with Crippen LogP contribution in [0, 0.1) is 17.5 Å². The van der Waals surface area contributed by atoms with Crippen molar-refractivity contribution in [3.8, 4) is 0 Å². The average Bonchev–Trinajstić information content (AvgIpc) is 2.60. The highest BCUT2D eigenvalue weighted by molar-refractivity contribution is 6.04. The summed E-state index contributed by atoms with van der Waals surface area (Å²) in [6.07, 6.45) is 7.73. The van der Waals surface area contributed by atoms with Crippen molar-refractivity contribution in [3.63, 3.8) is 0 Å². The molecule has 4 N–H and O–H groups in total. The molecule has 0 spiro atoms. The van der Waals surface area contributed by atoms with Gasteiger partial charge in [0.05, 0.1) is 5.69 Å². The minimum absolute atomic E-state index is 0. The van der Waals surface area contributed by atoms with E-state index in [0.29, 0.717) is 6.42 Å². The number of rotatable bonds is 9. The number of anilines is 1. The molecule has 1 aliphatic rings. The van der Waals surface area contributed by atoms with Crippen molar-refractivity contribution >= 4 is 30.0 Å². The second-order valence-electron chi connectivity index (χ2n) is 6.41. The molecule has 0 radical (unpaired) electrons. The Bertz CT molecular complexity index is 681. The highest BCUT2D eigenvalue weighted by Crippen LogP contribution is 2.28. The Labute approximate surface area is 164 Å². The van der Waals surface area contributed by atoms with Crippen LogP contribution in [0.5, 0.6) is 0 Å². The van der Waals surface area contributed by atoms with Crippen molar-refractivity contribution in [1.82, 2.24) is 0 Å². The Morgan fingerprint density at radius 3 is 2.26 bits per heavy atom. The van der Waals surface area contributed by atoms with E-state index in [1.807, 2.05) is 0 Å². The van der Waals surface area contributed by atoms with Crippen molar-refractivity contribution in [3.05, 3.63) is 29.6 Å². The van der Waals surface area contributed by atoms with E-state index in [2.05, 4.69) is 16.9 Å². The zero-order valence-electron chi connectivity index (χ0n) is 15.4. The van der Waals surface area contributed by atoms with Gasteiger partial charge in [-0.3, -0.25) is 4.90 Å². The van der Waals surface area contributed by atoms with Gasteiger partial charge in [0.15, 0.2) is 17.5 Å². The second-order valence-corrected chi connectivity index (χ2v) is 6.41. The third-order valence-electron chi connectivity index (χ3n) is 4.40. The molecule has 0 fully saturated rings. The number of hydrogen-bond acceptors (Lipinski definition) is 5. The first-order valence-electron chi connectivity index (χ1n) is 9.05. The Morgan fingerprint density at radius 2 is 1.59 bits per heavy atom. The molecule has 1 heterocycles. The molecule has 1 unspecified atom stereocenters. The zero-order valence-corrected chi connectivity index (χ0v) is 16.2. The van der Waals surface area contributed by atoms with E-state index in [1.165, 1.54) is 30.6 Å². The molecule has 27 heavy (non-hydrogen) atoms. The third kappa shape index (κ3) is 6.02. The SMILES string of the molecule is CCCCCCCCCC1N=C(N)N=C(N)N1c1ccc(F)c(F)c1F.Cl. The first kappa shape index (κ1) is 23.1. The Hall–Kier alpha value is -1.96. The number of aliphatic imine (C=N–C) groups is 2. The summed E-state index contributed by atoms with van der Waals surface area (Å²) >= 11 is 0. The van der Waals surface area contributed by atoms with E-state index in [1.54, 1.807) is 0 Å². The van der Waals surface area contributed by atoms with Gasteiger partial charge < -0.3 is 11.5 Å². The van der Waals surface area contributed by atoms with Crippen molar-refractivity contribution in [2.45, 2.75) is 64.5 Å². The molecule has 2 rings (SSSR count). The summed E-state index contributed by atoms with van der Waals surface area (Å²) in [5.74, 6) is -4.22. The fourth-order valence-corrected chi connectivity index (χ4v) is 3.03. The van der Waals surface area contributed by atoms with Crippen LogP contribution < -0.4 is 16.4 Å². The fourth-order valence-electron chi connectivity index (χ4n) is 3.03. The van der Waals surface area contributed by atoms with Crippen molar-refractivity contribution in [2.75, 3.05) is 4.90 Å². The van der Waals surface area contributed by atoms with Gasteiger partial charge in [0.1, 0.15) is 6.17 Å². The monoisotopic (exact) mass is 405 g/mol. The molecule has 1 atom stereocenters. The van der Waals surface area contributed by atoms with Gasteiger partial charge in [-0.05, 0) is 25.0 Å². The van der Waals surface area contributed by atoms with Gasteiger partial charge in [0.25, 0.3) is 0 Å². The van der Waals surface area contributed by atoms with Crippen LogP contribution in [0.25, 0.3) is 0 Å². The molecular weight excluding hydrogens is 379 g/mol. The van der Waals surface area contributed by atoms with Crippen molar-refractivity contribution in [2.24, 2.45) is 21.5 Å². The molecule has 152 valence electrons. The van der Waals surface area contributed by atoms with Gasteiger partial charge in [0.2, 0.25) is 11.9 Å². The van der Waals surface area contributed by atoms with Gasteiger partial charge in [-0.25, -0.2) is 18.2 Å². The molecule has 0 saturated heterocycles. The highest BCUT2D eigenvalue weighted by atomic mass is 35.5. The first-order valence-corrected chi connectivity index (χ1v) is 9.05. The van der Waals surface area contributed by atoms with Crippen LogP contribution in [0.15, 0.2) is 22.1 Å². The first-order chi connectivity index (χ1) is 12.5. The van der Waals surface area contributed by atoms with Gasteiger partial charge >= 0.3 is 0 Å². The normalized spacial score (nSPS) is 16.6. The standard InChI is InChI=1S/C18H26F3N5.ClH/c1-2-3-4-5-6-7-8-9-14-24-17(22)25-18(23)26(14)13-11-10-12(19)15(20)16(13)21;/h10-11,14H,2-9H2,1H3,(H4,22,23,24,25);1H. The molecule has 5 nitrogen and oxygen atoms in total. The van der Waals surface area contributed by atoms with Crippen molar-refractivity contribution < 1.29 is 13.2 Å². The largest absolute Gasteiger partial charge is 0.369 e. The number of unbranched alkanes of at least 4 members (excludes halogenated alkanes) is 6. The average molecular weight is 406 g/mol. The fraction of sp³-hybridized carbons (Fsp3) is 0.556. The summed E-state index contributed by atoms with van der Waals surface area (Å²) in [5, 5.41) is 0. The van der Waals surface area contributed by atoms with Crippen LogP contribution in [-0.4, -0.2) is 18.1 Å². The lowest BCUT2D eigenvalue weighted by Gasteiger charge is -2.32. The maximum atomic E-state index is 14.2. The second kappa shape index (κ2) is 11.0. The summed E-state index contributed by atoms with van der Waals surface area (Å²) in [4.78, 5) is 9.30. The predicted molar refractivity (Wildman–Crippen MR) is 106 cm³/mol. The summed E-state index contributed by atoms with van der Waals surface area (Å²) in [6.45, 7) is 2.17. The van der Waals surface area contributed by atoms with E-state index in [9.17, 15) is 13.2 Å². The molecule has 0 saturated carbocycles. The van der Waals surface area contributed by atoms with Crippen LogP contribution in [0.4, 0.5) is 18.9 Å². The van der Waals surface area contributed by atoms with E-state index in [-0.39, 0.29) is 30.0 Å². The molecule has 0 aliphatic carbocycles. The van der Waals surface area contributed by atoms with E-state index < -0.39 is 23.6 Å². The molecule has 1 aromatic rings. The Kier molecular flexibility index (Phi) is 9.41. The van der Waals surface area contributed by atoms with E-state index in [0.717, 1.165) is 31.4 Å². The van der Waals surface area contributed by atoms with Gasteiger partial charge in [-0.2, -0.15) is 4.99 Å². The number of nitrogens with two attached hydrogens (primary N) is 2. The minimum Gasteiger partial charge on any atom is -0.369 e. The summed E-state index contributed by atoms with van der Waals surface area (Å²) in [5.41, 5.74) is 11.3. The quantitative estimate of drug-likeness (QED) is 0.470. The zero-order chi connectivity index (χ0) is 19.1. The molecule has 9 heteroatoms. The van der Waals surface area contributed by atoms with Crippen LogP contribution >= 0.6 is 12.4 Å². The summed E-state index contributed by atoms with van der Waals surface area (Å²) in [6, 6.07) is 1.98. The van der Waals surface area contributed by atoms with E-state index >= 15 is 0 Å². The number of guanidine groups is 2. The number of halogens is 4. The lowest BCUT2D eigenvalue weighted by atomic mass is 10.1. The third-order valence-corrected chi connectivity index (χ3v) is 4.40. The van der Waals surface area contributed by atoms with Crippen LogP contribution in [0.3, 0.4) is 0 Å². The van der Waals surface area contributed by atoms with E-state index in [4.69, 9.17) is 11.5 Å². The maximum Gasteiger partial charge on any atom is 0.220 e. The van der Waals surface area contributed by atoms with Crippen LogP contribution in [0.1, 0.15) is 58.3 Å². The smallest absolute Gasteiger partial charge is 0.220 e. The molecule has 1 aliphatic heterocycles. The Balaban J connectivity index is 0.00000364. The Morgan fingerprint density at radius 1 is 0.963 bits per heavy atom. The van der Waals surface area contributed by atoms with Crippen molar-refractivity contribution in [1.29, 1.82) is 0 Å².